The lowest BCUT2D eigenvalue weighted by molar-refractivity contribution is -0.141. The lowest BCUT2D eigenvalue weighted by atomic mass is 9.49. The smallest absolute Gasteiger partial charge is 0.424 e. The number of hydrogen-bond donors (Lipinski definition) is 0. The van der Waals surface area contributed by atoms with Gasteiger partial charge >= 0.3 is 6.18 Å². The zero-order chi connectivity index (χ0) is 19.7. The Morgan fingerprint density at radius 1 is 1.14 bits per heavy atom. The summed E-state index contributed by atoms with van der Waals surface area (Å²) in [4.78, 5) is 0. The number of alkyl halides is 3. The molecule has 28 heavy (non-hydrogen) atoms. The van der Waals surface area contributed by atoms with Crippen molar-refractivity contribution in [2.24, 2.45) is 17.8 Å². The topological polar surface area (TPSA) is 56.7 Å². The Morgan fingerprint density at radius 3 is 2.29 bits per heavy atom. The van der Waals surface area contributed by atoms with Crippen LogP contribution >= 0.6 is 0 Å². The maximum absolute atomic E-state index is 12.9. The molecule has 0 spiro atoms. The standard InChI is InChI=1S/C20H25F3N4O/c1-11(10-27-12(2)3-16(26-27)20(21,22)23)17-24-25-18(28-17)19-7-13-4-14(8-19)6-15(5-13)9-19/h3,11,13-15H,4-10H2,1-2H3. The molecule has 1 atom stereocenters. The van der Waals surface area contributed by atoms with E-state index < -0.39 is 11.9 Å². The fourth-order valence-corrected chi connectivity index (χ4v) is 6.19. The molecule has 2 aromatic heterocycles. The van der Waals surface area contributed by atoms with Gasteiger partial charge in [0.1, 0.15) is 0 Å². The van der Waals surface area contributed by atoms with Crippen LogP contribution in [0, 0.1) is 24.7 Å². The highest BCUT2D eigenvalue weighted by Crippen LogP contribution is 2.60. The molecule has 0 N–H and O–H groups in total. The first-order valence-electron chi connectivity index (χ1n) is 10.2. The monoisotopic (exact) mass is 394 g/mol. The van der Waals surface area contributed by atoms with Gasteiger partial charge in [0.2, 0.25) is 11.8 Å². The van der Waals surface area contributed by atoms with Crippen LogP contribution in [0.2, 0.25) is 0 Å². The van der Waals surface area contributed by atoms with E-state index in [0.717, 1.165) is 49.0 Å². The highest BCUT2D eigenvalue weighted by Gasteiger charge is 2.54. The third-order valence-electron chi connectivity index (χ3n) is 7.07. The molecule has 0 aromatic carbocycles. The van der Waals surface area contributed by atoms with Crippen LogP contribution in [0.15, 0.2) is 10.5 Å². The van der Waals surface area contributed by atoms with E-state index in [-0.39, 0.29) is 17.9 Å². The zero-order valence-corrected chi connectivity index (χ0v) is 16.2. The van der Waals surface area contributed by atoms with Gasteiger partial charge in [-0.05, 0) is 69.3 Å². The lowest BCUT2D eigenvalue weighted by Crippen LogP contribution is -2.48. The second-order valence-corrected chi connectivity index (χ2v) is 9.40. The second kappa shape index (κ2) is 6.07. The van der Waals surface area contributed by atoms with Crippen LogP contribution in [0.25, 0.3) is 0 Å². The minimum atomic E-state index is -4.44. The Labute approximate surface area is 161 Å². The van der Waals surface area contributed by atoms with Crippen molar-refractivity contribution in [1.29, 1.82) is 0 Å². The first-order chi connectivity index (χ1) is 13.2. The summed E-state index contributed by atoms with van der Waals surface area (Å²) in [6.45, 7) is 3.80. The Kier molecular flexibility index (Phi) is 3.94. The summed E-state index contributed by atoms with van der Waals surface area (Å²) >= 11 is 0. The number of halogens is 3. The Balaban J connectivity index is 1.35. The predicted molar refractivity (Wildman–Crippen MR) is 94.5 cm³/mol. The van der Waals surface area contributed by atoms with E-state index in [1.54, 1.807) is 6.92 Å². The van der Waals surface area contributed by atoms with Gasteiger partial charge in [-0.25, -0.2) is 0 Å². The largest absolute Gasteiger partial charge is 0.435 e. The van der Waals surface area contributed by atoms with Crippen molar-refractivity contribution in [3.05, 3.63) is 29.2 Å². The number of aryl methyl sites for hydroxylation is 1. The molecule has 152 valence electrons. The van der Waals surface area contributed by atoms with E-state index in [1.807, 2.05) is 6.92 Å². The summed E-state index contributed by atoms with van der Waals surface area (Å²) in [5.41, 5.74) is -0.359. The normalized spacial score (nSPS) is 32.8. The van der Waals surface area contributed by atoms with Crippen molar-refractivity contribution in [2.45, 2.75) is 76.4 Å². The summed E-state index contributed by atoms with van der Waals surface area (Å²) in [5.74, 6) is 3.40. The lowest BCUT2D eigenvalue weighted by Gasteiger charge is -2.55. The zero-order valence-electron chi connectivity index (χ0n) is 16.2. The maximum Gasteiger partial charge on any atom is 0.435 e. The molecule has 0 amide bonds. The third kappa shape index (κ3) is 2.95. The number of aromatic nitrogens is 4. The van der Waals surface area contributed by atoms with Crippen molar-refractivity contribution < 1.29 is 17.6 Å². The summed E-state index contributed by atoms with van der Waals surface area (Å²) in [7, 11) is 0. The number of rotatable bonds is 4. The van der Waals surface area contributed by atoms with Gasteiger partial charge in [0.25, 0.3) is 0 Å². The van der Waals surface area contributed by atoms with Gasteiger partial charge in [-0.2, -0.15) is 18.3 Å². The molecule has 0 aliphatic heterocycles. The molecule has 4 saturated carbocycles. The van der Waals surface area contributed by atoms with Gasteiger partial charge in [-0.1, -0.05) is 6.92 Å². The van der Waals surface area contributed by atoms with Gasteiger partial charge < -0.3 is 4.42 Å². The molecule has 1 unspecified atom stereocenters. The maximum atomic E-state index is 12.9. The van der Waals surface area contributed by atoms with E-state index in [2.05, 4.69) is 15.3 Å². The Bertz CT molecular complexity index is 849. The Morgan fingerprint density at radius 2 is 1.75 bits per heavy atom. The van der Waals surface area contributed by atoms with Gasteiger partial charge in [-0.3, -0.25) is 4.68 Å². The van der Waals surface area contributed by atoms with Gasteiger partial charge in [-0.15, -0.1) is 10.2 Å². The van der Waals surface area contributed by atoms with Crippen LogP contribution in [-0.4, -0.2) is 20.0 Å². The summed E-state index contributed by atoms with van der Waals surface area (Å²) in [6, 6.07) is 1.07. The molecular weight excluding hydrogens is 369 g/mol. The van der Waals surface area contributed by atoms with E-state index in [1.165, 1.54) is 23.9 Å². The molecule has 0 saturated heterocycles. The minimum absolute atomic E-state index is 0.0325. The fourth-order valence-electron chi connectivity index (χ4n) is 6.19. The van der Waals surface area contributed by atoms with Crippen LogP contribution in [0.1, 0.15) is 74.5 Å². The summed E-state index contributed by atoms with van der Waals surface area (Å²) in [5, 5.41) is 12.4. The average Bonchev–Trinajstić information content (AvgIpc) is 3.21. The van der Waals surface area contributed by atoms with Crippen LogP contribution in [-0.2, 0) is 18.1 Å². The minimum Gasteiger partial charge on any atom is -0.424 e. The van der Waals surface area contributed by atoms with Crippen molar-refractivity contribution in [1.82, 2.24) is 20.0 Å². The van der Waals surface area contributed by atoms with Crippen molar-refractivity contribution in [3.8, 4) is 0 Å². The molecule has 0 radical (unpaired) electrons. The third-order valence-corrected chi connectivity index (χ3v) is 7.07. The Hall–Kier alpha value is -1.86. The summed E-state index contributed by atoms with van der Waals surface area (Å²) in [6.07, 6.45) is 3.02. The highest BCUT2D eigenvalue weighted by molar-refractivity contribution is 5.15. The van der Waals surface area contributed by atoms with Crippen molar-refractivity contribution >= 4 is 0 Å². The first-order valence-corrected chi connectivity index (χ1v) is 10.2. The van der Waals surface area contributed by atoms with Crippen LogP contribution in [0.3, 0.4) is 0 Å². The molecule has 2 aromatic rings. The molecule has 2 heterocycles. The molecule has 5 nitrogen and oxygen atoms in total. The van der Waals surface area contributed by atoms with E-state index in [0.29, 0.717) is 11.6 Å². The SMILES string of the molecule is Cc1cc(C(F)(F)F)nn1CC(C)c1nnc(C23CC4CC(CC(C4)C2)C3)o1. The average molecular weight is 394 g/mol. The van der Waals surface area contributed by atoms with Crippen molar-refractivity contribution in [3.63, 3.8) is 0 Å². The van der Waals surface area contributed by atoms with Crippen LogP contribution in [0.4, 0.5) is 13.2 Å². The van der Waals surface area contributed by atoms with Crippen LogP contribution < -0.4 is 0 Å². The van der Waals surface area contributed by atoms with Gasteiger partial charge in [0, 0.05) is 11.1 Å². The van der Waals surface area contributed by atoms with E-state index in [4.69, 9.17) is 4.42 Å². The molecule has 4 fully saturated rings. The quantitative estimate of drug-likeness (QED) is 0.743. The van der Waals surface area contributed by atoms with Gasteiger partial charge in [0.15, 0.2) is 5.69 Å². The summed E-state index contributed by atoms with van der Waals surface area (Å²) < 4.78 is 46.2. The number of nitrogens with zero attached hydrogens (tertiary/aromatic N) is 4. The number of hydrogen-bond acceptors (Lipinski definition) is 4. The predicted octanol–water partition coefficient (Wildman–Crippen LogP) is 4.86. The first kappa shape index (κ1) is 18.2. The fraction of sp³-hybridized carbons (Fsp3) is 0.750. The molecular formula is C20H25F3N4O. The van der Waals surface area contributed by atoms with Crippen LogP contribution in [0.5, 0.6) is 0 Å². The second-order valence-electron chi connectivity index (χ2n) is 9.40. The van der Waals surface area contributed by atoms with E-state index in [9.17, 15) is 13.2 Å². The van der Waals surface area contributed by atoms with Crippen molar-refractivity contribution in [2.75, 3.05) is 0 Å². The molecule has 8 heteroatoms. The molecule has 4 bridgehead atoms. The molecule has 6 rings (SSSR count). The molecule has 4 aliphatic rings. The molecule has 4 aliphatic carbocycles. The van der Waals surface area contributed by atoms with E-state index >= 15 is 0 Å². The van der Waals surface area contributed by atoms with Gasteiger partial charge in [0.05, 0.1) is 12.5 Å². The highest BCUT2D eigenvalue weighted by atomic mass is 19.4.